The summed E-state index contributed by atoms with van der Waals surface area (Å²) in [6.07, 6.45) is 0. The van der Waals surface area contributed by atoms with Crippen LogP contribution in [-0.4, -0.2) is 22.6 Å². The molecule has 2 aromatic carbocycles. The van der Waals surface area contributed by atoms with Crippen LogP contribution in [0.3, 0.4) is 0 Å². The van der Waals surface area contributed by atoms with E-state index < -0.39 is 0 Å². The molecule has 7 nitrogen and oxygen atoms in total. The van der Waals surface area contributed by atoms with E-state index in [1.165, 1.54) is 16.7 Å². The number of ether oxygens (including phenoxy) is 1. The zero-order valence-electron chi connectivity index (χ0n) is 17.0. The highest BCUT2D eigenvalue weighted by Crippen LogP contribution is 2.18. The van der Waals surface area contributed by atoms with Crippen LogP contribution in [0.25, 0.3) is 0 Å². The summed E-state index contributed by atoms with van der Waals surface area (Å²) in [7, 11) is 1.59. The van der Waals surface area contributed by atoms with Crippen LogP contribution < -0.4 is 20.9 Å². The summed E-state index contributed by atoms with van der Waals surface area (Å²) in [5.74, 6) is 0.282. The van der Waals surface area contributed by atoms with Gasteiger partial charge < -0.3 is 15.4 Å². The Bertz CT molecular complexity index is 1110. The number of methoxy groups -OCH3 is 1. The predicted molar refractivity (Wildman–Crippen MR) is 112 cm³/mol. The molecule has 2 N–H and O–H groups in total. The molecule has 1 amide bonds. The Hall–Kier alpha value is -3.68. The molecule has 1 heterocycles. The molecule has 0 saturated carbocycles. The van der Waals surface area contributed by atoms with Gasteiger partial charge in [-0.15, -0.1) is 0 Å². The summed E-state index contributed by atoms with van der Waals surface area (Å²) in [5, 5.41) is 5.80. The van der Waals surface area contributed by atoms with Crippen molar-refractivity contribution in [2.24, 2.45) is 0 Å². The van der Waals surface area contributed by atoms with Crippen molar-refractivity contribution in [1.82, 2.24) is 14.9 Å². The van der Waals surface area contributed by atoms with E-state index in [1.807, 2.05) is 24.3 Å². The number of aromatic nitrogens is 2. The number of aryl methyl sites for hydroxylation is 2. The maximum atomic E-state index is 13.5. The average molecular weight is 410 g/mol. The second-order valence-corrected chi connectivity index (χ2v) is 6.86. The lowest BCUT2D eigenvalue weighted by molar-refractivity contribution is -0.121. The second kappa shape index (κ2) is 9.21. The van der Waals surface area contributed by atoms with E-state index >= 15 is 0 Å². The van der Waals surface area contributed by atoms with Gasteiger partial charge in [-0.3, -0.25) is 14.2 Å². The van der Waals surface area contributed by atoms with Gasteiger partial charge in [0.15, 0.2) is 0 Å². The summed E-state index contributed by atoms with van der Waals surface area (Å²) < 4.78 is 19.9. The van der Waals surface area contributed by atoms with Gasteiger partial charge in [0.1, 0.15) is 18.1 Å². The number of hydrogen-bond acceptors (Lipinski definition) is 5. The van der Waals surface area contributed by atoms with Gasteiger partial charge in [0.25, 0.3) is 5.56 Å². The molecule has 0 aliphatic carbocycles. The van der Waals surface area contributed by atoms with E-state index in [1.54, 1.807) is 33.1 Å². The van der Waals surface area contributed by atoms with Crippen LogP contribution in [0.5, 0.6) is 5.75 Å². The SMILES string of the molecule is COc1ccc(CNC(=O)Cn2c(Nc3ccc(F)c(C)c3)nc(C)cc2=O)cc1. The second-order valence-electron chi connectivity index (χ2n) is 6.86. The number of benzene rings is 2. The van der Waals surface area contributed by atoms with E-state index in [4.69, 9.17) is 4.74 Å². The fourth-order valence-electron chi connectivity index (χ4n) is 2.86. The molecule has 0 fully saturated rings. The van der Waals surface area contributed by atoms with Crippen molar-refractivity contribution in [2.45, 2.75) is 26.9 Å². The Morgan fingerprint density at radius 2 is 1.87 bits per heavy atom. The first kappa shape index (κ1) is 21.0. The smallest absolute Gasteiger partial charge is 0.255 e. The minimum Gasteiger partial charge on any atom is -0.497 e. The molecule has 1 aromatic heterocycles. The minimum atomic E-state index is -0.358. The van der Waals surface area contributed by atoms with Crippen molar-refractivity contribution in [2.75, 3.05) is 12.4 Å². The lowest BCUT2D eigenvalue weighted by Crippen LogP contribution is -2.33. The van der Waals surface area contributed by atoms with Crippen molar-refractivity contribution in [3.63, 3.8) is 0 Å². The summed E-state index contributed by atoms with van der Waals surface area (Å²) in [6.45, 7) is 3.45. The van der Waals surface area contributed by atoms with E-state index in [-0.39, 0.29) is 29.8 Å². The Morgan fingerprint density at radius 1 is 1.13 bits per heavy atom. The molecule has 0 radical (unpaired) electrons. The fraction of sp³-hybridized carbons (Fsp3) is 0.227. The summed E-state index contributed by atoms with van der Waals surface area (Å²) >= 11 is 0. The number of amides is 1. The van der Waals surface area contributed by atoms with Gasteiger partial charge in [-0.2, -0.15) is 0 Å². The molecule has 3 aromatic rings. The highest BCUT2D eigenvalue weighted by atomic mass is 19.1. The maximum Gasteiger partial charge on any atom is 0.255 e. The number of carbonyl (C=O) groups is 1. The van der Waals surface area contributed by atoms with Gasteiger partial charge in [-0.05, 0) is 55.3 Å². The fourth-order valence-corrected chi connectivity index (χ4v) is 2.86. The third kappa shape index (κ3) is 5.22. The van der Waals surface area contributed by atoms with Crippen molar-refractivity contribution in [3.05, 3.63) is 81.5 Å². The van der Waals surface area contributed by atoms with Gasteiger partial charge >= 0.3 is 0 Å². The van der Waals surface area contributed by atoms with Gasteiger partial charge in [-0.25, -0.2) is 9.37 Å². The molecule has 0 aliphatic heterocycles. The van der Waals surface area contributed by atoms with Crippen LogP contribution in [0.2, 0.25) is 0 Å². The summed E-state index contributed by atoms with van der Waals surface area (Å²) in [6, 6.07) is 13.2. The number of hydrogen-bond donors (Lipinski definition) is 2. The molecule has 0 unspecified atom stereocenters. The molecule has 0 atom stereocenters. The van der Waals surface area contributed by atoms with Gasteiger partial charge in [0.05, 0.1) is 7.11 Å². The third-order valence-electron chi connectivity index (χ3n) is 4.50. The third-order valence-corrected chi connectivity index (χ3v) is 4.50. The first-order valence-corrected chi connectivity index (χ1v) is 9.37. The number of nitrogens with zero attached hydrogens (tertiary/aromatic N) is 2. The van der Waals surface area contributed by atoms with Crippen LogP contribution in [0, 0.1) is 19.7 Å². The van der Waals surface area contributed by atoms with Gasteiger partial charge in [0.2, 0.25) is 11.9 Å². The molecule has 156 valence electrons. The molecule has 0 aliphatic rings. The molecule has 0 bridgehead atoms. The topological polar surface area (TPSA) is 85.2 Å². The number of rotatable bonds is 7. The summed E-state index contributed by atoms with van der Waals surface area (Å²) in [5.41, 5.74) is 2.08. The normalized spacial score (nSPS) is 10.5. The molecule has 30 heavy (non-hydrogen) atoms. The Labute approximate surface area is 173 Å². The molecular weight excluding hydrogens is 387 g/mol. The van der Waals surface area contributed by atoms with Crippen LogP contribution in [0.4, 0.5) is 16.0 Å². The standard InChI is InChI=1S/C22H23FN4O3/c1-14-10-17(6-9-19(14)23)26-22-25-15(2)11-21(29)27(22)13-20(28)24-12-16-4-7-18(30-3)8-5-16/h4-11H,12-13H2,1-3H3,(H,24,28)(H,25,26). The quantitative estimate of drug-likeness (QED) is 0.625. The number of halogens is 1. The molecule has 0 saturated heterocycles. The monoisotopic (exact) mass is 410 g/mol. The number of carbonyl (C=O) groups excluding carboxylic acids is 1. The van der Waals surface area contributed by atoms with Gasteiger partial charge in [0, 0.05) is 24.0 Å². The van der Waals surface area contributed by atoms with E-state index in [0.29, 0.717) is 23.5 Å². The number of nitrogens with one attached hydrogen (secondary N) is 2. The molecule has 8 heteroatoms. The lowest BCUT2D eigenvalue weighted by atomic mass is 10.2. The average Bonchev–Trinajstić information content (AvgIpc) is 2.72. The first-order valence-electron chi connectivity index (χ1n) is 9.37. The highest BCUT2D eigenvalue weighted by molar-refractivity contribution is 5.76. The molecule has 3 rings (SSSR count). The lowest BCUT2D eigenvalue weighted by Gasteiger charge is -2.15. The first-order chi connectivity index (χ1) is 14.4. The largest absolute Gasteiger partial charge is 0.497 e. The van der Waals surface area contributed by atoms with Crippen molar-refractivity contribution < 1.29 is 13.9 Å². The minimum absolute atomic E-state index is 0.204. The van der Waals surface area contributed by atoms with Crippen LogP contribution >= 0.6 is 0 Å². The maximum absolute atomic E-state index is 13.5. The highest BCUT2D eigenvalue weighted by Gasteiger charge is 2.12. The Kier molecular flexibility index (Phi) is 6.46. The van der Waals surface area contributed by atoms with Crippen LogP contribution in [0.15, 0.2) is 53.3 Å². The molecule has 0 spiro atoms. The van der Waals surface area contributed by atoms with E-state index in [9.17, 15) is 14.0 Å². The van der Waals surface area contributed by atoms with Crippen molar-refractivity contribution in [3.8, 4) is 5.75 Å². The number of anilines is 2. The zero-order valence-corrected chi connectivity index (χ0v) is 17.0. The summed E-state index contributed by atoms with van der Waals surface area (Å²) in [4.78, 5) is 29.3. The van der Waals surface area contributed by atoms with E-state index in [2.05, 4.69) is 15.6 Å². The van der Waals surface area contributed by atoms with Gasteiger partial charge in [-0.1, -0.05) is 12.1 Å². The van der Waals surface area contributed by atoms with Crippen LogP contribution in [0.1, 0.15) is 16.8 Å². The Morgan fingerprint density at radius 3 is 2.53 bits per heavy atom. The van der Waals surface area contributed by atoms with Crippen molar-refractivity contribution in [1.29, 1.82) is 0 Å². The van der Waals surface area contributed by atoms with E-state index in [0.717, 1.165) is 11.3 Å². The molecular formula is C22H23FN4O3. The zero-order chi connectivity index (χ0) is 21.7. The van der Waals surface area contributed by atoms with Crippen LogP contribution in [-0.2, 0) is 17.9 Å². The predicted octanol–water partition coefficient (Wildman–Crippen LogP) is 3.07. The Balaban J connectivity index is 1.74. The van der Waals surface area contributed by atoms with Crippen molar-refractivity contribution >= 4 is 17.5 Å².